The number of nitrogen functional groups attached to an aromatic ring is 1. The summed E-state index contributed by atoms with van der Waals surface area (Å²) in [4.78, 5) is 0. The van der Waals surface area contributed by atoms with Crippen LogP contribution >= 0.6 is 0 Å². The van der Waals surface area contributed by atoms with Gasteiger partial charge in [-0.05, 0) is 48.4 Å². The molecule has 0 atom stereocenters. The van der Waals surface area contributed by atoms with Crippen molar-refractivity contribution in [2.24, 2.45) is 0 Å². The fourth-order valence-electron chi connectivity index (χ4n) is 2.67. The van der Waals surface area contributed by atoms with Crippen molar-refractivity contribution in [2.75, 3.05) is 5.73 Å². The number of anilines is 1. The third-order valence-electron chi connectivity index (χ3n) is 3.71. The Morgan fingerprint density at radius 1 is 1.09 bits per heavy atom. The van der Waals surface area contributed by atoms with Crippen molar-refractivity contribution in [3.63, 3.8) is 0 Å². The number of hydrogen-bond acceptors (Lipinski definition) is 1. The van der Waals surface area contributed by atoms with Crippen molar-refractivity contribution in [2.45, 2.75) is 19.6 Å². The Balaban J connectivity index is 2.00. The van der Waals surface area contributed by atoms with Crippen LogP contribution in [0.2, 0.25) is 0 Å². The zero-order valence-corrected chi connectivity index (χ0v) is 12.0. The zero-order chi connectivity index (χ0) is 15.9. The second kappa shape index (κ2) is 5.09. The molecule has 0 saturated heterocycles. The maximum absolute atomic E-state index is 12.8. The SMILES string of the molecule is Cc1cn(Cc2cccc(C(F)(F)F)c2)c2ccc(N)cc12. The third kappa shape index (κ3) is 2.66. The Morgan fingerprint density at radius 3 is 2.59 bits per heavy atom. The lowest BCUT2D eigenvalue weighted by atomic mass is 10.1. The molecule has 0 unspecified atom stereocenters. The highest BCUT2D eigenvalue weighted by atomic mass is 19.4. The number of nitrogens with zero attached hydrogens (tertiary/aromatic N) is 1. The maximum atomic E-state index is 12.8. The van der Waals surface area contributed by atoms with Gasteiger partial charge in [0.15, 0.2) is 0 Å². The molecular formula is C17H15F3N2. The van der Waals surface area contributed by atoms with Gasteiger partial charge in [-0.1, -0.05) is 12.1 Å². The average Bonchev–Trinajstić information content (AvgIpc) is 2.74. The van der Waals surface area contributed by atoms with Gasteiger partial charge < -0.3 is 10.3 Å². The van der Waals surface area contributed by atoms with E-state index in [1.807, 2.05) is 29.8 Å². The van der Waals surface area contributed by atoms with E-state index in [4.69, 9.17) is 5.73 Å². The van der Waals surface area contributed by atoms with Crippen LogP contribution in [0.15, 0.2) is 48.7 Å². The molecule has 1 heterocycles. The maximum Gasteiger partial charge on any atom is 0.416 e. The molecule has 1 aromatic heterocycles. The first-order chi connectivity index (χ1) is 10.3. The Kier molecular flexibility index (Phi) is 3.35. The minimum absolute atomic E-state index is 0.387. The largest absolute Gasteiger partial charge is 0.416 e. The molecule has 2 aromatic carbocycles. The van der Waals surface area contributed by atoms with Gasteiger partial charge in [-0.2, -0.15) is 13.2 Å². The molecule has 114 valence electrons. The van der Waals surface area contributed by atoms with E-state index in [1.165, 1.54) is 12.1 Å². The molecule has 2 nitrogen and oxygen atoms in total. The van der Waals surface area contributed by atoms with Gasteiger partial charge in [-0.3, -0.25) is 0 Å². The highest BCUT2D eigenvalue weighted by Gasteiger charge is 2.30. The summed E-state index contributed by atoms with van der Waals surface area (Å²) in [5, 5.41) is 1.02. The lowest BCUT2D eigenvalue weighted by Gasteiger charge is -2.10. The molecule has 2 N–H and O–H groups in total. The highest BCUT2D eigenvalue weighted by Crippen LogP contribution is 2.30. The lowest BCUT2D eigenvalue weighted by molar-refractivity contribution is -0.137. The second-order valence-electron chi connectivity index (χ2n) is 5.41. The predicted octanol–water partition coefficient (Wildman–Crippen LogP) is 4.60. The van der Waals surface area contributed by atoms with Crippen molar-refractivity contribution in [1.82, 2.24) is 4.57 Å². The molecule has 0 spiro atoms. The van der Waals surface area contributed by atoms with Crippen molar-refractivity contribution in [1.29, 1.82) is 0 Å². The van der Waals surface area contributed by atoms with E-state index in [0.717, 1.165) is 22.5 Å². The van der Waals surface area contributed by atoms with Crippen LogP contribution in [0, 0.1) is 6.92 Å². The molecule has 0 saturated carbocycles. The Bertz CT molecular complexity index is 832. The summed E-state index contributed by atoms with van der Waals surface area (Å²) in [7, 11) is 0. The summed E-state index contributed by atoms with van der Waals surface area (Å²) in [5.41, 5.74) is 8.47. The Morgan fingerprint density at radius 2 is 1.86 bits per heavy atom. The standard InChI is InChI=1S/C17H15F3N2/c1-11-9-22(16-6-5-14(21)8-15(11)16)10-12-3-2-4-13(7-12)17(18,19)20/h2-9H,10,21H2,1H3. The summed E-state index contributed by atoms with van der Waals surface area (Å²) < 4.78 is 40.3. The van der Waals surface area contributed by atoms with Gasteiger partial charge in [0.05, 0.1) is 5.56 Å². The number of fused-ring (bicyclic) bond motifs is 1. The molecule has 0 radical (unpaired) electrons. The van der Waals surface area contributed by atoms with Crippen LogP contribution in [0.4, 0.5) is 18.9 Å². The smallest absolute Gasteiger partial charge is 0.399 e. The van der Waals surface area contributed by atoms with E-state index in [1.54, 1.807) is 12.1 Å². The molecule has 22 heavy (non-hydrogen) atoms. The van der Waals surface area contributed by atoms with Crippen LogP contribution in [-0.4, -0.2) is 4.57 Å². The first kappa shape index (κ1) is 14.5. The number of benzene rings is 2. The molecule has 0 fully saturated rings. The Labute approximate surface area is 126 Å². The van der Waals surface area contributed by atoms with Gasteiger partial charge in [0.2, 0.25) is 0 Å². The van der Waals surface area contributed by atoms with Gasteiger partial charge >= 0.3 is 6.18 Å². The van der Waals surface area contributed by atoms with Crippen LogP contribution in [0.1, 0.15) is 16.7 Å². The van der Waals surface area contributed by atoms with E-state index in [0.29, 0.717) is 17.8 Å². The number of aryl methyl sites for hydroxylation is 1. The van der Waals surface area contributed by atoms with Crippen LogP contribution in [0.25, 0.3) is 10.9 Å². The summed E-state index contributed by atoms with van der Waals surface area (Å²) in [6.45, 7) is 2.35. The van der Waals surface area contributed by atoms with Crippen LogP contribution in [0.3, 0.4) is 0 Å². The zero-order valence-electron chi connectivity index (χ0n) is 12.0. The molecule has 0 amide bonds. The first-order valence-corrected chi connectivity index (χ1v) is 6.86. The first-order valence-electron chi connectivity index (χ1n) is 6.86. The molecule has 0 aliphatic carbocycles. The average molecular weight is 304 g/mol. The fraction of sp³-hybridized carbons (Fsp3) is 0.176. The number of nitrogens with two attached hydrogens (primary N) is 1. The van der Waals surface area contributed by atoms with Crippen molar-refractivity contribution in [3.05, 3.63) is 65.4 Å². The van der Waals surface area contributed by atoms with Gasteiger partial charge in [0.25, 0.3) is 0 Å². The van der Waals surface area contributed by atoms with Crippen molar-refractivity contribution in [3.8, 4) is 0 Å². The minimum atomic E-state index is -4.32. The molecule has 0 bridgehead atoms. The van der Waals surface area contributed by atoms with Crippen LogP contribution < -0.4 is 5.73 Å². The Hall–Kier alpha value is -2.43. The van der Waals surface area contributed by atoms with E-state index in [9.17, 15) is 13.2 Å². The molecule has 0 aliphatic heterocycles. The highest BCUT2D eigenvalue weighted by molar-refractivity contribution is 5.86. The molecule has 0 aliphatic rings. The number of halogens is 3. The number of alkyl halides is 3. The fourth-order valence-corrected chi connectivity index (χ4v) is 2.67. The predicted molar refractivity (Wildman–Crippen MR) is 81.6 cm³/mol. The number of rotatable bonds is 2. The van der Waals surface area contributed by atoms with Crippen molar-refractivity contribution < 1.29 is 13.2 Å². The number of aromatic nitrogens is 1. The van der Waals surface area contributed by atoms with Gasteiger partial charge in [0, 0.05) is 29.3 Å². The topological polar surface area (TPSA) is 30.9 Å². The van der Waals surface area contributed by atoms with Gasteiger partial charge in [0.1, 0.15) is 0 Å². The molecular weight excluding hydrogens is 289 g/mol. The summed E-state index contributed by atoms with van der Waals surface area (Å²) in [5.74, 6) is 0. The van der Waals surface area contributed by atoms with Gasteiger partial charge in [-0.25, -0.2) is 0 Å². The summed E-state index contributed by atoms with van der Waals surface area (Å²) in [6.07, 6.45) is -2.39. The molecule has 5 heteroatoms. The molecule has 3 aromatic rings. The third-order valence-corrected chi connectivity index (χ3v) is 3.71. The summed E-state index contributed by atoms with van der Waals surface area (Å²) in [6, 6.07) is 11.0. The van der Waals surface area contributed by atoms with Crippen molar-refractivity contribution >= 4 is 16.6 Å². The minimum Gasteiger partial charge on any atom is -0.399 e. The van der Waals surface area contributed by atoms with E-state index in [-0.39, 0.29) is 0 Å². The molecule has 3 rings (SSSR count). The van der Waals surface area contributed by atoms with E-state index >= 15 is 0 Å². The number of hydrogen-bond donors (Lipinski definition) is 1. The van der Waals surface area contributed by atoms with E-state index in [2.05, 4.69) is 0 Å². The summed E-state index contributed by atoms with van der Waals surface area (Å²) >= 11 is 0. The van der Waals surface area contributed by atoms with Gasteiger partial charge in [-0.15, -0.1) is 0 Å². The monoisotopic (exact) mass is 304 g/mol. The quantitative estimate of drug-likeness (QED) is 0.689. The van der Waals surface area contributed by atoms with Crippen LogP contribution in [-0.2, 0) is 12.7 Å². The second-order valence-corrected chi connectivity index (χ2v) is 5.41. The normalized spacial score (nSPS) is 12.0. The van der Waals surface area contributed by atoms with Crippen LogP contribution in [0.5, 0.6) is 0 Å². The van der Waals surface area contributed by atoms with E-state index < -0.39 is 11.7 Å². The lowest BCUT2D eigenvalue weighted by Crippen LogP contribution is -2.06.